The van der Waals surface area contributed by atoms with Crippen molar-refractivity contribution >= 4 is 17.8 Å². The number of nitrogens with two attached hydrogens (primary N) is 1. The Morgan fingerprint density at radius 2 is 2.10 bits per heavy atom. The highest BCUT2D eigenvalue weighted by atomic mass is 19.1. The normalized spacial score (nSPS) is 11.5. The van der Waals surface area contributed by atoms with Gasteiger partial charge in [-0.15, -0.1) is 0 Å². The van der Waals surface area contributed by atoms with E-state index in [1.54, 1.807) is 0 Å². The topological polar surface area (TPSA) is 119 Å². The van der Waals surface area contributed by atoms with E-state index in [-0.39, 0.29) is 18.8 Å². The molecule has 1 rings (SSSR count). The van der Waals surface area contributed by atoms with Crippen molar-refractivity contribution in [3.63, 3.8) is 0 Å². The van der Waals surface area contributed by atoms with Crippen LogP contribution in [-0.4, -0.2) is 35.5 Å². The number of carboxylic acids is 1. The van der Waals surface area contributed by atoms with Crippen molar-refractivity contribution in [3.8, 4) is 5.75 Å². The number of ether oxygens (including phenoxy) is 1. The van der Waals surface area contributed by atoms with Crippen molar-refractivity contribution < 1.29 is 28.6 Å². The summed E-state index contributed by atoms with van der Waals surface area (Å²) in [4.78, 5) is 33.0. The number of primary amides is 1. The molecule has 0 aliphatic carbocycles. The minimum absolute atomic E-state index is 0.0573. The van der Waals surface area contributed by atoms with Crippen LogP contribution in [0.15, 0.2) is 24.3 Å². The van der Waals surface area contributed by atoms with E-state index in [1.807, 2.05) is 0 Å². The van der Waals surface area contributed by atoms with Gasteiger partial charge >= 0.3 is 5.97 Å². The largest absolute Gasteiger partial charge is 0.493 e. The van der Waals surface area contributed by atoms with Gasteiger partial charge in [0, 0.05) is 6.07 Å². The van der Waals surface area contributed by atoms with Gasteiger partial charge in [0.1, 0.15) is 17.6 Å². The molecule has 2 amide bonds. The lowest BCUT2D eigenvalue weighted by molar-refractivity contribution is -0.143. The quantitative estimate of drug-likeness (QED) is 0.626. The van der Waals surface area contributed by atoms with Crippen molar-refractivity contribution in [1.82, 2.24) is 5.32 Å². The zero-order chi connectivity index (χ0) is 15.8. The van der Waals surface area contributed by atoms with Gasteiger partial charge in [0.2, 0.25) is 11.8 Å². The minimum atomic E-state index is -1.37. The molecule has 0 radical (unpaired) electrons. The van der Waals surface area contributed by atoms with Gasteiger partial charge in [-0.2, -0.15) is 0 Å². The highest BCUT2D eigenvalue weighted by molar-refractivity contribution is 5.88. The Morgan fingerprint density at radius 3 is 2.67 bits per heavy atom. The maximum atomic E-state index is 12.9. The first kappa shape index (κ1) is 16.4. The summed E-state index contributed by atoms with van der Waals surface area (Å²) in [5, 5.41) is 11.0. The van der Waals surface area contributed by atoms with E-state index < -0.39 is 36.1 Å². The highest BCUT2D eigenvalue weighted by Crippen LogP contribution is 2.11. The fourth-order valence-corrected chi connectivity index (χ4v) is 1.49. The van der Waals surface area contributed by atoms with Crippen LogP contribution in [-0.2, 0) is 14.4 Å². The first-order chi connectivity index (χ1) is 9.88. The molecule has 1 aromatic rings. The van der Waals surface area contributed by atoms with Gasteiger partial charge in [-0.05, 0) is 12.1 Å². The van der Waals surface area contributed by atoms with E-state index in [1.165, 1.54) is 18.2 Å². The molecule has 0 saturated carbocycles. The van der Waals surface area contributed by atoms with E-state index in [0.717, 1.165) is 6.07 Å². The van der Waals surface area contributed by atoms with E-state index in [9.17, 15) is 18.8 Å². The Morgan fingerprint density at radius 1 is 1.38 bits per heavy atom. The minimum Gasteiger partial charge on any atom is -0.493 e. The SMILES string of the molecule is NC(=O)C[C@H](NC(=O)CCOc1cccc(F)c1)C(=O)O. The smallest absolute Gasteiger partial charge is 0.326 e. The van der Waals surface area contributed by atoms with Crippen LogP contribution in [0.4, 0.5) is 4.39 Å². The fourth-order valence-electron chi connectivity index (χ4n) is 1.49. The fraction of sp³-hybridized carbons (Fsp3) is 0.308. The third-order valence-electron chi connectivity index (χ3n) is 2.43. The molecule has 4 N–H and O–H groups in total. The second-order valence-electron chi connectivity index (χ2n) is 4.18. The predicted octanol–water partition coefficient (Wildman–Crippen LogP) is 0.0394. The molecule has 0 aromatic heterocycles. The van der Waals surface area contributed by atoms with E-state index in [0.29, 0.717) is 0 Å². The zero-order valence-corrected chi connectivity index (χ0v) is 11.0. The van der Waals surface area contributed by atoms with Gasteiger partial charge in [0.05, 0.1) is 19.4 Å². The monoisotopic (exact) mass is 298 g/mol. The van der Waals surface area contributed by atoms with Crippen molar-refractivity contribution in [1.29, 1.82) is 0 Å². The molecule has 0 aliphatic heterocycles. The molecule has 1 aromatic carbocycles. The number of halogens is 1. The molecule has 0 saturated heterocycles. The third kappa shape index (κ3) is 6.37. The molecule has 0 heterocycles. The lowest BCUT2D eigenvalue weighted by atomic mass is 10.2. The number of carbonyl (C=O) groups is 3. The average molecular weight is 298 g/mol. The molecule has 7 nitrogen and oxygen atoms in total. The van der Waals surface area contributed by atoms with Crippen molar-refractivity contribution in [2.45, 2.75) is 18.9 Å². The van der Waals surface area contributed by atoms with Gasteiger partial charge in [0.25, 0.3) is 0 Å². The number of amides is 2. The molecule has 114 valence electrons. The number of carboxylic acid groups (broad SMARTS) is 1. The number of carbonyl (C=O) groups excluding carboxylic acids is 2. The summed E-state index contributed by atoms with van der Waals surface area (Å²) in [5.41, 5.74) is 4.88. The molecule has 0 spiro atoms. The molecular weight excluding hydrogens is 283 g/mol. The summed E-state index contributed by atoms with van der Waals surface area (Å²) in [6.07, 6.45) is -0.634. The standard InChI is InChI=1S/C13H15FN2O5/c14-8-2-1-3-9(6-8)21-5-4-12(18)16-10(13(19)20)7-11(15)17/h1-3,6,10H,4-5,7H2,(H2,15,17)(H,16,18)(H,19,20)/t10-/m0/s1. The number of aliphatic carboxylic acids is 1. The van der Waals surface area contributed by atoms with Crippen LogP contribution in [0, 0.1) is 5.82 Å². The van der Waals surface area contributed by atoms with Gasteiger partial charge in [0.15, 0.2) is 0 Å². The van der Waals surface area contributed by atoms with Crippen LogP contribution in [0.5, 0.6) is 5.75 Å². The Labute approximate surface area is 119 Å². The highest BCUT2D eigenvalue weighted by Gasteiger charge is 2.21. The second-order valence-corrected chi connectivity index (χ2v) is 4.18. The van der Waals surface area contributed by atoms with E-state index in [2.05, 4.69) is 5.32 Å². The first-order valence-electron chi connectivity index (χ1n) is 6.07. The number of nitrogens with one attached hydrogen (secondary N) is 1. The molecule has 0 unspecified atom stereocenters. The molecule has 0 fully saturated rings. The van der Waals surface area contributed by atoms with Crippen molar-refractivity contribution in [3.05, 3.63) is 30.1 Å². The maximum absolute atomic E-state index is 12.9. The van der Waals surface area contributed by atoms with Gasteiger partial charge < -0.3 is 20.9 Å². The Balaban J connectivity index is 2.39. The Kier molecular flexibility index (Phi) is 6.12. The number of hydrogen-bond acceptors (Lipinski definition) is 4. The number of benzene rings is 1. The summed E-state index contributed by atoms with van der Waals surface area (Å²) in [6.45, 7) is -0.0573. The summed E-state index contributed by atoms with van der Waals surface area (Å²) in [7, 11) is 0. The Hall–Kier alpha value is -2.64. The molecule has 8 heteroatoms. The summed E-state index contributed by atoms with van der Waals surface area (Å²) in [5.74, 6) is -3.01. The molecule has 0 bridgehead atoms. The predicted molar refractivity (Wildman–Crippen MR) is 69.9 cm³/mol. The summed E-state index contributed by atoms with van der Waals surface area (Å²) in [6, 6.07) is 4.02. The average Bonchev–Trinajstić information content (AvgIpc) is 2.37. The molecule has 0 aliphatic rings. The van der Waals surface area contributed by atoms with Gasteiger partial charge in [-0.3, -0.25) is 9.59 Å². The van der Waals surface area contributed by atoms with E-state index >= 15 is 0 Å². The summed E-state index contributed by atoms with van der Waals surface area (Å²) >= 11 is 0. The van der Waals surface area contributed by atoms with Crippen LogP contribution >= 0.6 is 0 Å². The van der Waals surface area contributed by atoms with E-state index in [4.69, 9.17) is 15.6 Å². The molecule has 21 heavy (non-hydrogen) atoms. The number of rotatable bonds is 8. The third-order valence-corrected chi connectivity index (χ3v) is 2.43. The molecular formula is C13H15FN2O5. The summed E-state index contributed by atoms with van der Waals surface area (Å²) < 4.78 is 18.0. The maximum Gasteiger partial charge on any atom is 0.326 e. The molecule has 1 atom stereocenters. The lowest BCUT2D eigenvalue weighted by Gasteiger charge is -2.13. The van der Waals surface area contributed by atoms with Crippen LogP contribution < -0.4 is 15.8 Å². The van der Waals surface area contributed by atoms with Crippen molar-refractivity contribution in [2.24, 2.45) is 5.73 Å². The second kappa shape index (κ2) is 7.83. The van der Waals surface area contributed by atoms with Crippen LogP contribution in [0.3, 0.4) is 0 Å². The zero-order valence-electron chi connectivity index (χ0n) is 11.0. The van der Waals surface area contributed by atoms with Gasteiger partial charge in [-0.1, -0.05) is 6.07 Å². The van der Waals surface area contributed by atoms with Crippen LogP contribution in [0.2, 0.25) is 0 Å². The van der Waals surface area contributed by atoms with Crippen LogP contribution in [0.25, 0.3) is 0 Å². The first-order valence-corrected chi connectivity index (χ1v) is 6.07. The van der Waals surface area contributed by atoms with Gasteiger partial charge in [-0.25, -0.2) is 9.18 Å². The van der Waals surface area contributed by atoms with Crippen LogP contribution in [0.1, 0.15) is 12.8 Å². The lowest BCUT2D eigenvalue weighted by Crippen LogP contribution is -2.43. The van der Waals surface area contributed by atoms with Crippen molar-refractivity contribution in [2.75, 3.05) is 6.61 Å². The Bertz CT molecular complexity index is 535. The number of hydrogen-bond donors (Lipinski definition) is 3.